The Bertz CT molecular complexity index is 523. The molecule has 0 aliphatic carbocycles. The van der Waals surface area contributed by atoms with E-state index in [2.05, 4.69) is 30.9 Å². The van der Waals surface area contributed by atoms with Crippen LogP contribution in [0.15, 0.2) is 39.2 Å². The van der Waals surface area contributed by atoms with Crippen LogP contribution in [0, 0.1) is 0 Å². The van der Waals surface area contributed by atoms with Crippen LogP contribution in [0.5, 0.6) is 5.88 Å². The molecule has 7 heteroatoms. The van der Waals surface area contributed by atoms with E-state index >= 15 is 0 Å². The predicted molar refractivity (Wildman–Crippen MR) is 69.7 cm³/mol. The minimum Gasteiger partial charge on any atom is -0.480 e. The molecule has 0 spiro atoms. The van der Waals surface area contributed by atoms with E-state index < -0.39 is 0 Å². The molecule has 0 saturated heterocycles. The topological polar surface area (TPSA) is 47.9 Å². The lowest BCUT2D eigenvalue weighted by Gasteiger charge is -2.03. The second-order valence-corrected chi connectivity index (χ2v) is 5.20. The number of ether oxygens (including phenoxy) is 1. The first-order valence-electron chi connectivity index (χ1n) is 4.55. The largest absolute Gasteiger partial charge is 0.480 e. The highest BCUT2D eigenvalue weighted by molar-refractivity contribution is 9.10. The van der Waals surface area contributed by atoms with Gasteiger partial charge in [-0.1, -0.05) is 11.6 Å². The Hall–Kier alpha value is -0.850. The third-order valence-corrected chi connectivity index (χ3v) is 3.38. The molecule has 0 bridgehead atoms. The van der Waals surface area contributed by atoms with Gasteiger partial charge in [0.2, 0.25) is 5.88 Å². The number of hydrogen-bond acceptors (Lipinski definition) is 5. The van der Waals surface area contributed by atoms with Crippen molar-refractivity contribution in [1.29, 1.82) is 0 Å². The van der Waals surface area contributed by atoms with Gasteiger partial charge in [-0.3, -0.25) is 0 Å². The molecule has 0 atom stereocenters. The van der Waals surface area contributed by atoms with E-state index in [4.69, 9.17) is 16.3 Å². The van der Waals surface area contributed by atoms with E-state index in [1.54, 1.807) is 25.6 Å². The van der Waals surface area contributed by atoms with Crippen LogP contribution >= 0.6 is 39.3 Å². The Labute approximate surface area is 116 Å². The summed E-state index contributed by atoms with van der Waals surface area (Å²) in [4.78, 5) is 12.5. The zero-order valence-electron chi connectivity index (χ0n) is 8.72. The molecule has 2 rings (SSSR count). The standard InChI is InChI=1S/C10H7BrClN3OS/c1-16-9-7(11)5-14-10(15-9)17-8-3-2-6(12)4-13-8/h2-5H,1H3. The molecule has 0 aliphatic rings. The first kappa shape index (κ1) is 12.6. The smallest absolute Gasteiger partial charge is 0.231 e. The summed E-state index contributed by atoms with van der Waals surface area (Å²) in [6.45, 7) is 0. The van der Waals surface area contributed by atoms with Gasteiger partial charge in [-0.25, -0.2) is 9.97 Å². The number of hydrogen-bond donors (Lipinski definition) is 0. The van der Waals surface area contributed by atoms with Gasteiger partial charge in [0.25, 0.3) is 0 Å². The lowest BCUT2D eigenvalue weighted by atomic mass is 10.5. The van der Waals surface area contributed by atoms with Crippen LogP contribution in [0.3, 0.4) is 0 Å². The van der Waals surface area contributed by atoms with E-state index in [9.17, 15) is 0 Å². The van der Waals surface area contributed by atoms with Gasteiger partial charge in [0, 0.05) is 12.4 Å². The number of methoxy groups -OCH3 is 1. The van der Waals surface area contributed by atoms with Gasteiger partial charge in [0.1, 0.15) is 5.03 Å². The monoisotopic (exact) mass is 331 g/mol. The van der Waals surface area contributed by atoms with Crippen LogP contribution in [0.2, 0.25) is 5.02 Å². The molecule has 17 heavy (non-hydrogen) atoms. The molecule has 0 saturated carbocycles. The Balaban J connectivity index is 2.21. The van der Waals surface area contributed by atoms with Crippen molar-refractivity contribution in [3.05, 3.63) is 34.0 Å². The molecule has 0 fully saturated rings. The number of halogens is 2. The Morgan fingerprint density at radius 2 is 2.12 bits per heavy atom. The first-order valence-corrected chi connectivity index (χ1v) is 6.53. The summed E-state index contributed by atoms with van der Waals surface area (Å²) in [5, 5.41) is 1.95. The highest BCUT2D eigenvalue weighted by atomic mass is 79.9. The lowest BCUT2D eigenvalue weighted by Crippen LogP contribution is -1.93. The third-order valence-electron chi connectivity index (χ3n) is 1.78. The first-order chi connectivity index (χ1) is 8.19. The lowest BCUT2D eigenvalue weighted by molar-refractivity contribution is 0.389. The minimum absolute atomic E-state index is 0.497. The van der Waals surface area contributed by atoms with E-state index in [1.807, 2.05) is 6.07 Å². The quantitative estimate of drug-likeness (QED) is 0.806. The number of rotatable bonds is 3. The summed E-state index contributed by atoms with van der Waals surface area (Å²) < 4.78 is 5.81. The van der Waals surface area contributed by atoms with Crippen molar-refractivity contribution in [2.45, 2.75) is 10.2 Å². The molecule has 88 valence electrons. The molecule has 0 aromatic carbocycles. The molecule has 0 N–H and O–H groups in total. The second kappa shape index (κ2) is 5.66. The predicted octanol–water partition coefficient (Wildman–Crippen LogP) is 3.45. The van der Waals surface area contributed by atoms with Crippen molar-refractivity contribution in [3.8, 4) is 5.88 Å². The van der Waals surface area contributed by atoms with E-state index in [-0.39, 0.29) is 0 Å². The summed E-state index contributed by atoms with van der Waals surface area (Å²) >= 11 is 10.4. The highest BCUT2D eigenvalue weighted by Crippen LogP contribution is 2.28. The van der Waals surface area contributed by atoms with Gasteiger partial charge < -0.3 is 4.74 Å². The molecule has 0 unspecified atom stereocenters. The highest BCUT2D eigenvalue weighted by Gasteiger charge is 2.07. The summed E-state index contributed by atoms with van der Waals surface area (Å²) in [6.07, 6.45) is 3.23. The molecule has 2 heterocycles. The van der Waals surface area contributed by atoms with Gasteiger partial charge >= 0.3 is 0 Å². The van der Waals surface area contributed by atoms with Crippen LogP contribution in [-0.4, -0.2) is 22.1 Å². The Morgan fingerprint density at radius 3 is 2.76 bits per heavy atom. The van der Waals surface area contributed by atoms with Crippen molar-refractivity contribution < 1.29 is 4.74 Å². The fraction of sp³-hybridized carbons (Fsp3) is 0.100. The van der Waals surface area contributed by atoms with Crippen LogP contribution < -0.4 is 4.74 Å². The normalized spacial score (nSPS) is 10.3. The molecular weight excluding hydrogens is 326 g/mol. The maximum atomic E-state index is 5.75. The van der Waals surface area contributed by atoms with Crippen molar-refractivity contribution in [2.75, 3.05) is 7.11 Å². The average molecular weight is 333 g/mol. The van der Waals surface area contributed by atoms with Crippen LogP contribution in [0.4, 0.5) is 0 Å². The van der Waals surface area contributed by atoms with Gasteiger partial charge in [-0.2, -0.15) is 4.98 Å². The van der Waals surface area contributed by atoms with Gasteiger partial charge in [-0.15, -0.1) is 0 Å². The van der Waals surface area contributed by atoms with E-state index in [1.165, 1.54) is 11.8 Å². The number of nitrogens with zero attached hydrogens (tertiary/aromatic N) is 3. The van der Waals surface area contributed by atoms with Crippen molar-refractivity contribution >= 4 is 39.3 Å². The Kier molecular flexibility index (Phi) is 4.20. The summed E-state index contributed by atoms with van der Waals surface area (Å²) in [5.74, 6) is 0.497. The summed E-state index contributed by atoms with van der Waals surface area (Å²) in [5.41, 5.74) is 0. The van der Waals surface area contributed by atoms with E-state index in [0.717, 1.165) is 5.03 Å². The van der Waals surface area contributed by atoms with Crippen molar-refractivity contribution in [2.24, 2.45) is 0 Å². The zero-order valence-corrected chi connectivity index (χ0v) is 11.9. The molecule has 0 amide bonds. The summed E-state index contributed by atoms with van der Waals surface area (Å²) in [7, 11) is 1.56. The van der Waals surface area contributed by atoms with Gasteiger partial charge in [-0.05, 0) is 39.8 Å². The number of aromatic nitrogens is 3. The molecule has 2 aromatic rings. The van der Waals surface area contributed by atoms with Crippen molar-refractivity contribution in [3.63, 3.8) is 0 Å². The summed E-state index contributed by atoms with van der Waals surface area (Å²) in [6, 6.07) is 3.58. The van der Waals surface area contributed by atoms with Crippen molar-refractivity contribution in [1.82, 2.24) is 15.0 Å². The molecule has 4 nitrogen and oxygen atoms in total. The minimum atomic E-state index is 0.497. The van der Waals surface area contributed by atoms with Gasteiger partial charge in [0.15, 0.2) is 5.16 Å². The fourth-order valence-corrected chi connectivity index (χ4v) is 2.17. The molecule has 0 radical (unpaired) electrons. The van der Waals surface area contributed by atoms with Crippen LogP contribution in [-0.2, 0) is 0 Å². The second-order valence-electron chi connectivity index (χ2n) is 2.93. The SMILES string of the molecule is COc1nc(Sc2ccc(Cl)cn2)ncc1Br. The molecule has 2 aromatic heterocycles. The maximum absolute atomic E-state index is 5.75. The zero-order chi connectivity index (χ0) is 12.3. The number of pyridine rings is 1. The van der Waals surface area contributed by atoms with E-state index in [0.29, 0.717) is 20.5 Å². The van der Waals surface area contributed by atoms with Crippen LogP contribution in [0.25, 0.3) is 0 Å². The molecule has 0 aliphatic heterocycles. The molecular formula is C10H7BrClN3OS. The van der Waals surface area contributed by atoms with Crippen LogP contribution in [0.1, 0.15) is 0 Å². The Morgan fingerprint density at radius 1 is 1.29 bits per heavy atom. The third kappa shape index (κ3) is 3.31. The van der Waals surface area contributed by atoms with Gasteiger partial charge in [0.05, 0.1) is 16.6 Å². The fourth-order valence-electron chi connectivity index (χ4n) is 1.04. The maximum Gasteiger partial charge on any atom is 0.231 e. The average Bonchev–Trinajstić information content (AvgIpc) is 2.34.